The molecule has 0 saturated heterocycles. The minimum absolute atomic E-state index is 0.146. The molecule has 0 fully saturated rings. The van der Waals surface area contributed by atoms with E-state index in [1.54, 1.807) is 5.43 Å². The van der Waals surface area contributed by atoms with Crippen LogP contribution in [-0.4, -0.2) is 0 Å². The molecular weight excluding hydrogens is 460 g/mol. The van der Waals surface area contributed by atoms with Crippen molar-refractivity contribution in [1.82, 2.24) is 5.43 Å². The van der Waals surface area contributed by atoms with Crippen LogP contribution in [0.2, 0.25) is 0 Å². The van der Waals surface area contributed by atoms with Crippen molar-refractivity contribution in [3.63, 3.8) is 0 Å². The van der Waals surface area contributed by atoms with Crippen LogP contribution in [0.1, 0.15) is 39.4 Å². The van der Waals surface area contributed by atoms with Gasteiger partial charge in [0.15, 0.2) is 0 Å². The Kier molecular flexibility index (Phi) is 6.31. The van der Waals surface area contributed by atoms with Crippen molar-refractivity contribution in [2.24, 2.45) is 5.84 Å². The van der Waals surface area contributed by atoms with Crippen molar-refractivity contribution in [2.75, 3.05) is 0 Å². The van der Waals surface area contributed by atoms with Gasteiger partial charge in [0.25, 0.3) is 0 Å². The van der Waals surface area contributed by atoms with Gasteiger partial charge >= 0.3 is 24.7 Å². The van der Waals surface area contributed by atoms with Gasteiger partial charge in [0.2, 0.25) is 0 Å². The zero-order chi connectivity index (χ0) is 24.0. The smallest absolute Gasteiger partial charge is 0.271 e. The molecule has 0 unspecified atom stereocenters. The molecule has 14 heteroatoms. The highest BCUT2D eigenvalue weighted by Crippen LogP contribution is 2.41. The molecule has 0 aromatic heterocycles. The number of nitrogens with two attached hydrogens (primary N) is 1. The largest absolute Gasteiger partial charge is 0.416 e. The van der Waals surface area contributed by atoms with Crippen LogP contribution in [0, 0.1) is 0 Å². The molecule has 2 nitrogen and oxygen atoms in total. The predicted octanol–water partition coefficient (Wildman–Crippen LogP) is 6.31. The fraction of sp³-hybridized carbons (Fsp3) is 0.294. The summed E-state index contributed by atoms with van der Waals surface area (Å²) >= 11 is 0. The van der Waals surface area contributed by atoms with Crippen LogP contribution in [0.3, 0.4) is 0 Å². The topological polar surface area (TPSA) is 38.0 Å². The van der Waals surface area contributed by atoms with Crippen LogP contribution in [0.5, 0.6) is 0 Å². The predicted molar refractivity (Wildman–Crippen MR) is 82.1 cm³/mol. The van der Waals surface area contributed by atoms with Gasteiger partial charge in [-0.05, 0) is 47.5 Å². The van der Waals surface area contributed by atoms with Gasteiger partial charge < -0.3 is 0 Å². The Balaban J connectivity index is 2.78. The molecule has 0 heterocycles. The molecule has 0 radical (unpaired) electrons. The molecule has 0 bridgehead atoms. The van der Waals surface area contributed by atoms with Gasteiger partial charge in [0.05, 0.1) is 28.3 Å². The lowest BCUT2D eigenvalue weighted by Gasteiger charge is -2.23. The summed E-state index contributed by atoms with van der Waals surface area (Å²) in [6, 6.07) is -1.97. The summed E-state index contributed by atoms with van der Waals surface area (Å²) < 4.78 is 156. The average molecular weight is 470 g/mol. The Morgan fingerprint density at radius 3 is 0.871 bits per heavy atom. The van der Waals surface area contributed by atoms with Crippen LogP contribution < -0.4 is 11.3 Å². The average Bonchev–Trinajstić information content (AvgIpc) is 2.59. The second kappa shape index (κ2) is 7.89. The fourth-order valence-corrected chi connectivity index (χ4v) is 2.68. The van der Waals surface area contributed by atoms with Crippen molar-refractivity contribution in [2.45, 2.75) is 30.7 Å². The van der Waals surface area contributed by atoms with Crippen molar-refractivity contribution in [1.29, 1.82) is 0 Å². The van der Waals surface area contributed by atoms with Gasteiger partial charge in [0.1, 0.15) is 0 Å². The second-order valence-electron chi connectivity index (χ2n) is 6.28. The highest BCUT2D eigenvalue weighted by Gasteiger charge is 2.40. The van der Waals surface area contributed by atoms with Crippen LogP contribution in [0.15, 0.2) is 36.4 Å². The van der Waals surface area contributed by atoms with Gasteiger partial charge in [-0.1, -0.05) is 0 Å². The zero-order valence-electron chi connectivity index (χ0n) is 14.7. The minimum Gasteiger partial charge on any atom is -0.271 e. The summed E-state index contributed by atoms with van der Waals surface area (Å²) in [6.45, 7) is 0. The Bertz CT molecular complexity index is 798. The normalized spacial score (nSPS) is 13.7. The minimum atomic E-state index is -5.29. The highest BCUT2D eigenvalue weighted by atomic mass is 19.4. The molecule has 31 heavy (non-hydrogen) atoms. The van der Waals surface area contributed by atoms with Gasteiger partial charge in [-0.2, -0.15) is 52.7 Å². The van der Waals surface area contributed by atoms with Crippen molar-refractivity contribution >= 4 is 0 Å². The monoisotopic (exact) mass is 470 g/mol. The van der Waals surface area contributed by atoms with Gasteiger partial charge in [0, 0.05) is 0 Å². The van der Waals surface area contributed by atoms with Gasteiger partial charge in [-0.25, -0.2) is 5.43 Å². The number of alkyl halides is 12. The summed E-state index contributed by atoms with van der Waals surface area (Å²) in [5.41, 5.74) is -7.49. The fourth-order valence-electron chi connectivity index (χ4n) is 2.68. The van der Waals surface area contributed by atoms with E-state index >= 15 is 0 Å². The van der Waals surface area contributed by atoms with E-state index in [0.717, 1.165) is 0 Å². The summed E-state index contributed by atoms with van der Waals surface area (Å²) in [4.78, 5) is 0. The van der Waals surface area contributed by atoms with Crippen molar-refractivity contribution < 1.29 is 52.7 Å². The Hall–Kier alpha value is -2.48. The lowest BCUT2D eigenvalue weighted by Crippen LogP contribution is -2.30. The van der Waals surface area contributed by atoms with E-state index < -0.39 is 64.1 Å². The summed E-state index contributed by atoms with van der Waals surface area (Å²) in [5.74, 6) is 5.10. The number of benzene rings is 2. The van der Waals surface area contributed by atoms with Crippen molar-refractivity contribution in [3.05, 3.63) is 69.8 Å². The van der Waals surface area contributed by atoms with Crippen molar-refractivity contribution in [3.8, 4) is 0 Å². The molecular formula is C17H10F12N2. The first-order chi connectivity index (χ1) is 13.8. The van der Waals surface area contributed by atoms with E-state index in [4.69, 9.17) is 5.84 Å². The third-order valence-corrected chi connectivity index (χ3v) is 4.05. The number of hydrogen-bond donors (Lipinski definition) is 2. The Morgan fingerprint density at radius 2 is 0.710 bits per heavy atom. The maximum atomic E-state index is 13.0. The van der Waals surface area contributed by atoms with E-state index in [1.165, 1.54) is 0 Å². The van der Waals surface area contributed by atoms with Crippen LogP contribution in [0.4, 0.5) is 52.7 Å². The molecule has 2 aromatic rings. The highest BCUT2D eigenvalue weighted by molar-refractivity contribution is 5.43. The molecule has 2 aromatic carbocycles. The van der Waals surface area contributed by atoms with Crippen LogP contribution >= 0.6 is 0 Å². The maximum absolute atomic E-state index is 13.0. The number of hydrogen-bond acceptors (Lipinski definition) is 2. The molecule has 0 saturated carbocycles. The first kappa shape index (κ1) is 24.8. The standard InChI is InChI=1S/C17H10F12N2/c18-14(19,20)9-1-7(2-10(5-9)15(21,22)23)13(31-30)8-3-11(16(24,25)26)6-12(4-8)17(27,28)29/h1-6,13,31H,30H2. The van der Waals surface area contributed by atoms with E-state index in [9.17, 15) is 52.7 Å². The van der Waals surface area contributed by atoms with E-state index in [-0.39, 0.29) is 36.4 Å². The molecule has 0 amide bonds. The molecule has 3 N–H and O–H groups in total. The lowest BCUT2D eigenvalue weighted by molar-refractivity contribution is -0.144. The molecule has 172 valence electrons. The SMILES string of the molecule is NNC(c1cc(C(F)(F)F)cc(C(F)(F)F)c1)c1cc(C(F)(F)F)cc(C(F)(F)F)c1. The van der Waals surface area contributed by atoms with Crippen LogP contribution in [0.25, 0.3) is 0 Å². The van der Waals surface area contributed by atoms with Gasteiger partial charge in [-0.3, -0.25) is 5.84 Å². The number of nitrogens with one attached hydrogen (secondary N) is 1. The van der Waals surface area contributed by atoms with E-state index in [2.05, 4.69) is 0 Å². The summed E-state index contributed by atoms with van der Waals surface area (Å²) in [5, 5.41) is 0. The lowest BCUT2D eigenvalue weighted by atomic mass is 9.92. The Morgan fingerprint density at radius 1 is 0.484 bits per heavy atom. The Labute approximate surface area is 165 Å². The molecule has 0 aliphatic carbocycles. The number of rotatable bonds is 3. The zero-order valence-corrected chi connectivity index (χ0v) is 14.7. The maximum Gasteiger partial charge on any atom is 0.416 e. The second-order valence-corrected chi connectivity index (χ2v) is 6.28. The number of halogens is 12. The van der Waals surface area contributed by atoms with E-state index in [1.807, 2.05) is 0 Å². The molecule has 0 atom stereocenters. The third-order valence-electron chi connectivity index (χ3n) is 4.05. The number of hydrazine groups is 1. The summed E-state index contributed by atoms with van der Waals surface area (Å²) in [7, 11) is 0. The van der Waals surface area contributed by atoms with Crippen LogP contribution in [-0.2, 0) is 24.7 Å². The third kappa shape index (κ3) is 5.81. The molecule has 2 rings (SSSR count). The molecule has 0 aliphatic rings. The summed E-state index contributed by atoms with van der Waals surface area (Å²) in [6.07, 6.45) is -21.2. The van der Waals surface area contributed by atoms with Gasteiger partial charge in [-0.15, -0.1) is 0 Å². The molecule has 0 spiro atoms. The molecule has 0 aliphatic heterocycles. The quantitative estimate of drug-likeness (QED) is 0.313. The first-order valence-electron chi connectivity index (χ1n) is 7.89. The van der Waals surface area contributed by atoms with E-state index in [0.29, 0.717) is 0 Å². The first-order valence-corrected chi connectivity index (χ1v) is 7.89.